The molecule has 1 saturated carbocycles. The number of hydrogen-bond acceptors (Lipinski definition) is 4. The molecule has 1 aliphatic carbocycles. The lowest BCUT2D eigenvalue weighted by Gasteiger charge is -2.29. The number of aromatic nitrogens is 2. The van der Waals surface area contributed by atoms with Gasteiger partial charge in [-0.05, 0) is 31.0 Å². The molecule has 2 aromatic heterocycles. The predicted molar refractivity (Wildman–Crippen MR) is 105 cm³/mol. The van der Waals surface area contributed by atoms with Crippen LogP contribution < -0.4 is 11.2 Å². The first-order valence-corrected chi connectivity index (χ1v) is 9.41. The molecule has 1 aliphatic rings. The summed E-state index contributed by atoms with van der Waals surface area (Å²) in [5.74, 6) is -6.78. The van der Waals surface area contributed by atoms with Gasteiger partial charge in [0, 0.05) is 36.7 Å². The van der Waals surface area contributed by atoms with Crippen molar-refractivity contribution in [2.24, 2.45) is 5.73 Å². The average Bonchev–Trinajstić information content (AvgIpc) is 2.71. The zero-order chi connectivity index (χ0) is 22.8. The summed E-state index contributed by atoms with van der Waals surface area (Å²) in [5.41, 5.74) is 5.53. The highest BCUT2D eigenvalue weighted by molar-refractivity contribution is 6.03. The fraction of sp³-hybridized carbons (Fsp3) is 0.286. The van der Waals surface area contributed by atoms with Gasteiger partial charge in [-0.2, -0.15) is 4.39 Å². The van der Waals surface area contributed by atoms with E-state index >= 15 is 0 Å². The van der Waals surface area contributed by atoms with Crippen LogP contribution in [0.2, 0.25) is 0 Å². The zero-order valence-corrected chi connectivity index (χ0v) is 16.2. The minimum atomic E-state index is -2.70. The van der Waals surface area contributed by atoms with Gasteiger partial charge in [-0.3, -0.25) is 14.6 Å². The lowest BCUT2D eigenvalue weighted by Crippen LogP contribution is -2.26. The Kier molecular flexibility index (Phi) is 6.28. The maximum Gasteiger partial charge on any atom is 0.268 e. The largest absolute Gasteiger partial charge is 0.505 e. The second-order valence-corrected chi connectivity index (χ2v) is 7.26. The van der Waals surface area contributed by atoms with Crippen LogP contribution >= 0.6 is 0 Å². The molecule has 3 aromatic rings. The number of benzene rings is 1. The highest BCUT2D eigenvalue weighted by Crippen LogP contribution is 2.41. The van der Waals surface area contributed by atoms with Crippen molar-refractivity contribution in [3.05, 3.63) is 69.8 Å². The Morgan fingerprint density at radius 2 is 2.00 bits per heavy atom. The number of phenols is 1. The smallest absolute Gasteiger partial charge is 0.268 e. The lowest BCUT2D eigenvalue weighted by atomic mass is 9.84. The lowest BCUT2D eigenvalue weighted by molar-refractivity contribution is -0.0412. The molecule has 0 saturated heterocycles. The second-order valence-electron chi connectivity index (χ2n) is 7.26. The third-order valence-corrected chi connectivity index (χ3v) is 5.01. The quantitative estimate of drug-likeness (QED) is 0.527. The average molecular weight is 437 g/mol. The molecule has 0 spiro atoms. The summed E-state index contributed by atoms with van der Waals surface area (Å²) in [4.78, 5) is 30.4. The molecular weight excluding hydrogens is 418 g/mol. The highest BCUT2D eigenvalue weighted by Gasteiger charge is 2.37. The number of nitrogens with zero attached hydrogens (tertiary/aromatic N) is 1. The van der Waals surface area contributed by atoms with Crippen molar-refractivity contribution in [2.45, 2.75) is 37.5 Å². The van der Waals surface area contributed by atoms with Gasteiger partial charge in [-0.1, -0.05) is 6.07 Å². The maximum atomic E-state index is 13.6. The van der Waals surface area contributed by atoms with Crippen molar-refractivity contribution in [3.8, 4) is 5.75 Å². The summed E-state index contributed by atoms with van der Waals surface area (Å²) < 4.78 is 51.3. The van der Waals surface area contributed by atoms with Crippen molar-refractivity contribution >= 4 is 16.8 Å². The Hall–Kier alpha value is -3.43. The van der Waals surface area contributed by atoms with Crippen LogP contribution in [0.3, 0.4) is 0 Å². The van der Waals surface area contributed by atoms with Crippen LogP contribution in [0.15, 0.2) is 41.3 Å². The van der Waals surface area contributed by atoms with E-state index in [2.05, 4.69) is 9.97 Å². The fourth-order valence-electron chi connectivity index (χ4n) is 3.56. The molecule has 164 valence electrons. The monoisotopic (exact) mass is 437 g/mol. The Labute approximate surface area is 173 Å². The summed E-state index contributed by atoms with van der Waals surface area (Å²) in [6, 6.07) is 6.07. The molecule has 10 heteroatoms. The van der Waals surface area contributed by atoms with Crippen molar-refractivity contribution in [1.29, 1.82) is 0 Å². The Morgan fingerprint density at radius 3 is 2.61 bits per heavy atom. The Morgan fingerprint density at radius 1 is 1.26 bits per heavy atom. The number of pyridine rings is 2. The van der Waals surface area contributed by atoms with E-state index in [4.69, 9.17) is 10.8 Å². The normalized spacial score (nSPS) is 17.6. The standard InChI is InChI=1S/C15H15F2N3O2.C6H4F2O/c16-15(17)4-1-2-8(7-15)10-6-11(21)12-9(20-10)3-5-19-13(12)14(18)22;7-4-2-1-3-5(9)6(4)8/h3,5-6,8H,1-2,4,7H2,(H2,18,22)(H,20,21);1-3,9H/t8-;/m0./s1. The van der Waals surface area contributed by atoms with Gasteiger partial charge in [0.2, 0.25) is 5.92 Å². The Balaban J connectivity index is 0.000000254. The van der Waals surface area contributed by atoms with Gasteiger partial charge < -0.3 is 15.8 Å². The number of H-pyrrole nitrogens is 1. The first-order valence-electron chi connectivity index (χ1n) is 9.41. The van der Waals surface area contributed by atoms with Gasteiger partial charge in [0.1, 0.15) is 5.69 Å². The minimum absolute atomic E-state index is 0.0984. The van der Waals surface area contributed by atoms with E-state index in [0.717, 1.165) is 12.1 Å². The topological polar surface area (TPSA) is 109 Å². The van der Waals surface area contributed by atoms with Gasteiger partial charge in [-0.15, -0.1) is 0 Å². The Bertz CT molecular complexity index is 1160. The first-order chi connectivity index (χ1) is 14.6. The van der Waals surface area contributed by atoms with E-state index < -0.39 is 40.6 Å². The molecule has 0 unspecified atom stereocenters. The van der Waals surface area contributed by atoms with E-state index in [9.17, 15) is 27.2 Å². The number of hydrogen-bond donors (Lipinski definition) is 3. The molecule has 1 amide bonds. The summed E-state index contributed by atoms with van der Waals surface area (Å²) in [7, 11) is 0. The van der Waals surface area contributed by atoms with Crippen LogP contribution in [0.4, 0.5) is 17.6 Å². The number of alkyl halides is 2. The number of aromatic hydroxyl groups is 1. The predicted octanol–water partition coefficient (Wildman–Crippen LogP) is 3.99. The van der Waals surface area contributed by atoms with Crippen LogP contribution in [0.1, 0.15) is 47.8 Å². The summed E-state index contributed by atoms with van der Waals surface area (Å²) in [6.07, 6.45) is 1.99. The summed E-state index contributed by atoms with van der Waals surface area (Å²) in [6.45, 7) is 0. The van der Waals surface area contributed by atoms with E-state index in [1.807, 2.05) is 0 Å². The summed E-state index contributed by atoms with van der Waals surface area (Å²) in [5, 5.41) is 8.58. The molecular formula is C21H19F4N3O3. The fourth-order valence-corrected chi connectivity index (χ4v) is 3.56. The number of rotatable bonds is 2. The van der Waals surface area contributed by atoms with Crippen LogP contribution in [0.25, 0.3) is 10.9 Å². The van der Waals surface area contributed by atoms with Gasteiger partial charge in [-0.25, -0.2) is 13.2 Å². The van der Waals surface area contributed by atoms with Gasteiger partial charge in [0.15, 0.2) is 22.8 Å². The third kappa shape index (κ3) is 5.01. The SMILES string of the molecule is NC(=O)c1nccc2[nH]c([C@H]3CCCC(F)(F)C3)cc(=O)c12.Oc1cccc(F)c1F. The molecule has 1 atom stereocenters. The zero-order valence-electron chi connectivity index (χ0n) is 16.2. The van der Waals surface area contributed by atoms with Gasteiger partial charge in [0.05, 0.1) is 10.9 Å². The molecule has 0 aliphatic heterocycles. The number of nitrogens with one attached hydrogen (secondary N) is 1. The number of carbonyl (C=O) groups excluding carboxylic acids is 1. The minimum Gasteiger partial charge on any atom is -0.505 e. The highest BCUT2D eigenvalue weighted by atomic mass is 19.3. The van der Waals surface area contributed by atoms with Gasteiger partial charge in [0.25, 0.3) is 5.91 Å². The first kappa shape index (κ1) is 22.3. The molecule has 4 rings (SSSR count). The molecule has 2 heterocycles. The van der Waals surface area contributed by atoms with Crippen molar-refractivity contribution in [2.75, 3.05) is 0 Å². The molecule has 31 heavy (non-hydrogen) atoms. The van der Waals surface area contributed by atoms with E-state index in [-0.39, 0.29) is 23.9 Å². The molecule has 4 N–H and O–H groups in total. The van der Waals surface area contributed by atoms with Crippen molar-refractivity contribution in [3.63, 3.8) is 0 Å². The van der Waals surface area contributed by atoms with Crippen molar-refractivity contribution in [1.82, 2.24) is 9.97 Å². The second kappa shape index (κ2) is 8.75. The number of phenolic OH excluding ortho intramolecular Hbond substituents is 1. The molecule has 6 nitrogen and oxygen atoms in total. The summed E-state index contributed by atoms with van der Waals surface area (Å²) >= 11 is 0. The van der Waals surface area contributed by atoms with E-state index in [0.29, 0.717) is 24.1 Å². The van der Waals surface area contributed by atoms with Crippen LogP contribution in [-0.4, -0.2) is 26.9 Å². The molecule has 1 aromatic carbocycles. The van der Waals surface area contributed by atoms with Crippen LogP contribution in [0, 0.1) is 11.6 Å². The van der Waals surface area contributed by atoms with E-state index in [1.54, 1.807) is 0 Å². The number of amides is 1. The number of primary amides is 1. The number of aromatic amines is 1. The molecule has 0 bridgehead atoms. The molecule has 0 radical (unpaired) electrons. The van der Waals surface area contributed by atoms with Crippen LogP contribution in [-0.2, 0) is 0 Å². The van der Waals surface area contributed by atoms with Crippen LogP contribution in [0.5, 0.6) is 5.75 Å². The third-order valence-electron chi connectivity index (χ3n) is 5.01. The van der Waals surface area contributed by atoms with E-state index in [1.165, 1.54) is 24.4 Å². The molecule has 1 fully saturated rings. The number of fused-ring (bicyclic) bond motifs is 1. The van der Waals surface area contributed by atoms with Gasteiger partial charge >= 0.3 is 0 Å². The number of carbonyl (C=O) groups is 1. The maximum absolute atomic E-state index is 13.6. The number of nitrogens with two attached hydrogens (primary N) is 1. The number of halogens is 4. The van der Waals surface area contributed by atoms with Crippen molar-refractivity contribution < 1.29 is 27.5 Å².